The van der Waals surface area contributed by atoms with E-state index in [4.69, 9.17) is 23.4 Å². The predicted octanol–water partition coefficient (Wildman–Crippen LogP) is 5.88. The van der Waals surface area contributed by atoms with Crippen molar-refractivity contribution >= 4 is 18.0 Å². The number of ether oxygens (including phenoxy) is 4. The molecule has 7 heteroatoms. The minimum Gasteiger partial charge on any atom is -0.465 e. The van der Waals surface area contributed by atoms with E-state index in [-0.39, 0.29) is 31.8 Å². The molecule has 0 spiro atoms. The summed E-state index contributed by atoms with van der Waals surface area (Å²) in [4.78, 5) is 23.8. The van der Waals surface area contributed by atoms with Crippen LogP contribution in [0.3, 0.4) is 0 Å². The summed E-state index contributed by atoms with van der Waals surface area (Å²) < 4.78 is 27.2. The predicted molar refractivity (Wildman–Crippen MR) is 127 cm³/mol. The maximum absolute atomic E-state index is 12.1. The Labute approximate surface area is 203 Å². The molecule has 190 valence electrons. The lowest BCUT2D eigenvalue weighted by atomic mass is 9.72. The minimum atomic E-state index is -0.456. The van der Waals surface area contributed by atoms with Crippen LogP contribution in [0.1, 0.15) is 84.3 Å². The van der Waals surface area contributed by atoms with Gasteiger partial charge in [-0.05, 0) is 102 Å². The first-order valence-electron chi connectivity index (χ1n) is 12.7. The molecule has 0 saturated heterocycles. The molecule has 0 aliphatic heterocycles. The SMILES string of the molecule is CCC(C)(C)C(=O)OCOC1CCC(C2CCC(OCOC(=O)C=Cc3ccco3)CC2)CC1. The maximum atomic E-state index is 12.1. The summed E-state index contributed by atoms with van der Waals surface area (Å²) in [5.74, 6) is 1.43. The van der Waals surface area contributed by atoms with Crippen molar-refractivity contribution in [1.29, 1.82) is 0 Å². The van der Waals surface area contributed by atoms with Gasteiger partial charge in [-0.2, -0.15) is 0 Å². The molecule has 2 saturated carbocycles. The summed E-state index contributed by atoms with van der Waals surface area (Å²) in [5.41, 5.74) is -0.456. The van der Waals surface area contributed by atoms with Crippen LogP contribution in [0.15, 0.2) is 28.9 Å². The van der Waals surface area contributed by atoms with Crippen LogP contribution in [0.4, 0.5) is 0 Å². The van der Waals surface area contributed by atoms with Crippen LogP contribution in [0.5, 0.6) is 0 Å². The van der Waals surface area contributed by atoms with Crippen molar-refractivity contribution in [3.05, 3.63) is 30.2 Å². The number of carbonyl (C=O) groups is 2. The van der Waals surface area contributed by atoms with Crippen molar-refractivity contribution in [2.24, 2.45) is 17.3 Å². The smallest absolute Gasteiger partial charge is 0.332 e. The molecule has 1 aromatic heterocycles. The summed E-state index contributed by atoms with van der Waals surface area (Å²) in [5, 5.41) is 0. The van der Waals surface area contributed by atoms with E-state index in [1.807, 2.05) is 20.8 Å². The Kier molecular flexibility index (Phi) is 10.2. The molecule has 2 fully saturated rings. The van der Waals surface area contributed by atoms with Crippen molar-refractivity contribution < 1.29 is 33.0 Å². The van der Waals surface area contributed by atoms with Crippen LogP contribution in [-0.4, -0.2) is 37.7 Å². The second-order valence-electron chi connectivity index (χ2n) is 10.1. The summed E-state index contributed by atoms with van der Waals surface area (Å²) in [6.07, 6.45) is 14.2. The van der Waals surface area contributed by atoms with E-state index in [9.17, 15) is 9.59 Å². The van der Waals surface area contributed by atoms with Gasteiger partial charge in [0.1, 0.15) is 5.76 Å². The fraction of sp³-hybridized carbons (Fsp3) is 0.704. The first-order chi connectivity index (χ1) is 16.4. The molecule has 34 heavy (non-hydrogen) atoms. The van der Waals surface area contributed by atoms with Crippen LogP contribution in [0.2, 0.25) is 0 Å². The fourth-order valence-corrected chi connectivity index (χ4v) is 4.75. The normalized spacial score (nSPS) is 25.9. The van der Waals surface area contributed by atoms with Crippen molar-refractivity contribution in [1.82, 2.24) is 0 Å². The third-order valence-corrected chi connectivity index (χ3v) is 7.47. The zero-order valence-corrected chi connectivity index (χ0v) is 20.8. The van der Waals surface area contributed by atoms with Gasteiger partial charge in [0.15, 0.2) is 13.6 Å². The van der Waals surface area contributed by atoms with Gasteiger partial charge < -0.3 is 23.4 Å². The second kappa shape index (κ2) is 13.1. The van der Waals surface area contributed by atoms with E-state index >= 15 is 0 Å². The van der Waals surface area contributed by atoms with Crippen molar-refractivity contribution in [3.63, 3.8) is 0 Å². The number of hydrogen-bond acceptors (Lipinski definition) is 7. The Morgan fingerprint density at radius 1 is 0.941 bits per heavy atom. The summed E-state index contributed by atoms with van der Waals surface area (Å²) in [6, 6.07) is 3.53. The van der Waals surface area contributed by atoms with Gasteiger partial charge in [-0.15, -0.1) is 0 Å². The van der Waals surface area contributed by atoms with Gasteiger partial charge in [-0.25, -0.2) is 4.79 Å². The molecule has 7 nitrogen and oxygen atoms in total. The topological polar surface area (TPSA) is 84.2 Å². The molecular weight excluding hydrogens is 436 g/mol. The lowest BCUT2D eigenvalue weighted by Gasteiger charge is -2.37. The third-order valence-electron chi connectivity index (χ3n) is 7.47. The van der Waals surface area contributed by atoms with E-state index in [1.54, 1.807) is 24.5 Å². The standard InChI is InChI=1S/C27H40O7/c1-4-27(2,3)26(29)34-19-32-24-13-9-21(10-14-24)20-7-11-23(12-8-20)31-18-33-25(28)16-15-22-6-5-17-30-22/h5-6,15-17,20-21,23-24H,4,7-14,18-19H2,1-3H3. The van der Waals surface area contributed by atoms with Gasteiger partial charge in [-0.3, -0.25) is 4.79 Å². The largest absolute Gasteiger partial charge is 0.465 e. The van der Waals surface area contributed by atoms with Crippen LogP contribution in [0, 0.1) is 17.3 Å². The number of hydrogen-bond donors (Lipinski definition) is 0. The van der Waals surface area contributed by atoms with E-state index < -0.39 is 11.4 Å². The maximum Gasteiger partial charge on any atom is 0.332 e. The molecule has 0 atom stereocenters. The monoisotopic (exact) mass is 476 g/mol. The summed E-state index contributed by atoms with van der Waals surface area (Å²) in [6.45, 7) is 5.83. The van der Waals surface area contributed by atoms with E-state index in [0.29, 0.717) is 5.76 Å². The van der Waals surface area contributed by atoms with E-state index in [1.165, 1.54) is 6.08 Å². The van der Waals surface area contributed by atoms with Gasteiger partial charge in [-0.1, -0.05) is 6.92 Å². The molecule has 2 aliphatic rings. The Balaban J connectivity index is 1.25. The zero-order chi connectivity index (χ0) is 24.4. The number of carbonyl (C=O) groups excluding carboxylic acids is 2. The summed E-state index contributed by atoms with van der Waals surface area (Å²) in [7, 11) is 0. The molecule has 0 amide bonds. The number of esters is 2. The van der Waals surface area contributed by atoms with Crippen LogP contribution >= 0.6 is 0 Å². The van der Waals surface area contributed by atoms with Crippen LogP contribution in [0.25, 0.3) is 6.08 Å². The molecule has 2 aliphatic carbocycles. The third kappa shape index (κ3) is 8.27. The molecular formula is C27H40O7. The van der Waals surface area contributed by atoms with Crippen molar-refractivity contribution in [2.45, 2.75) is 90.8 Å². The molecule has 3 rings (SSSR count). The molecule has 1 heterocycles. The Morgan fingerprint density at radius 2 is 1.50 bits per heavy atom. The molecule has 0 radical (unpaired) electrons. The average molecular weight is 477 g/mol. The van der Waals surface area contributed by atoms with Gasteiger partial charge >= 0.3 is 11.9 Å². The lowest BCUT2D eigenvalue weighted by molar-refractivity contribution is -0.173. The highest BCUT2D eigenvalue weighted by Crippen LogP contribution is 2.39. The fourth-order valence-electron chi connectivity index (χ4n) is 4.75. The molecule has 0 aromatic carbocycles. The summed E-state index contributed by atoms with van der Waals surface area (Å²) >= 11 is 0. The minimum absolute atomic E-state index is 0.0148. The first-order valence-corrected chi connectivity index (χ1v) is 12.7. The van der Waals surface area contributed by atoms with Crippen LogP contribution < -0.4 is 0 Å². The second-order valence-corrected chi connectivity index (χ2v) is 10.1. The van der Waals surface area contributed by atoms with Gasteiger partial charge in [0.05, 0.1) is 23.9 Å². The van der Waals surface area contributed by atoms with Gasteiger partial charge in [0, 0.05) is 6.08 Å². The molecule has 0 bridgehead atoms. The molecule has 0 unspecified atom stereocenters. The van der Waals surface area contributed by atoms with Crippen molar-refractivity contribution in [3.8, 4) is 0 Å². The number of furan rings is 1. The Morgan fingerprint density at radius 3 is 2.00 bits per heavy atom. The first kappa shape index (κ1) is 26.5. The molecule has 1 aromatic rings. The van der Waals surface area contributed by atoms with E-state index in [2.05, 4.69) is 0 Å². The highest BCUT2D eigenvalue weighted by Gasteiger charge is 2.32. The van der Waals surface area contributed by atoms with Gasteiger partial charge in [0.25, 0.3) is 0 Å². The van der Waals surface area contributed by atoms with Crippen molar-refractivity contribution in [2.75, 3.05) is 13.6 Å². The quantitative estimate of drug-likeness (QED) is 0.224. The van der Waals surface area contributed by atoms with Crippen LogP contribution in [-0.2, 0) is 28.5 Å². The van der Waals surface area contributed by atoms with Gasteiger partial charge in [0.2, 0.25) is 0 Å². The highest BCUT2D eigenvalue weighted by molar-refractivity contribution is 5.86. The lowest BCUT2D eigenvalue weighted by Crippen LogP contribution is -2.32. The van der Waals surface area contributed by atoms with E-state index in [0.717, 1.165) is 69.6 Å². The zero-order valence-electron chi connectivity index (χ0n) is 20.8. The molecule has 0 N–H and O–H groups in total. The highest BCUT2D eigenvalue weighted by atomic mass is 16.7. The Bertz CT molecular complexity index is 767. The Hall–Kier alpha value is -2.12. The number of rotatable bonds is 11. The average Bonchev–Trinajstić information content (AvgIpc) is 3.37.